The number of hydrogen-bond acceptors (Lipinski definition) is 4. The molecule has 31 heavy (non-hydrogen) atoms. The first-order valence-electron chi connectivity index (χ1n) is 11.2. The van der Waals surface area contributed by atoms with Crippen molar-refractivity contribution in [1.29, 1.82) is 0 Å². The minimum absolute atomic E-state index is 0.0987. The Morgan fingerprint density at radius 1 is 0.968 bits per heavy atom. The van der Waals surface area contributed by atoms with Gasteiger partial charge in [0.2, 0.25) is 0 Å². The van der Waals surface area contributed by atoms with E-state index in [1.54, 1.807) is 0 Å². The maximum Gasteiger partial charge on any atom is 0.162 e. The lowest BCUT2D eigenvalue weighted by Crippen LogP contribution is -2.42. The highest BCUT2D eigenvalue weighted by atomic mass is 79.9. The summed E-state index contributed by atoms with van der Waals surface area (Å²) < 4.78 is 7.02. The highest BCUT2D eigenvalue weighted by Gasteiger charge is 2.47. The summed E-state index contributed by atoms with van der Waals surface area (Å²) in [4.78, 5) is 26.9. The Bertz CT molecular complexity index is 963. The van der Waals surface area contributed by atoms with Crippen LogP contribution in [0.25, 0.3) is 0 Å². The van der Waals surface area contributed by atoms with Crippen LogP contribution in [0.5, 0.6) is 5.75 Å². The number of halogens is 1. The number of rotatable bonds is 4. The van der Waals surface area contributed by atoms with Crippen LogP contribution in [-0.2, 0) is 9.59 Å². The molecule has 0 bridgehead atoms. The average molecular weight is 486 g/mol. The molecular weight excluding hydrogens is 454 g/mol. The smallest absolute Gasteiger partial charge is 0.162 e. The summed E-state index contributed by atoms with van der Waals surface area (Å²) in [5, 5.41) is 3.57. The molecule has 0 aromatic heterocycles. The first-order chi connectivity index (χ1) is 14.5. The van der Waals surface area contributed by atoms with E-state index in [0.29, 0.717) is 19.4 Å². The van der Waals surface area contributed by atoms with Gasteiger partial charge in [0.05, 0.1) is 6.61 Å². The number of ketones is 2. The molecule has 1 N–H and O–H groups in total. The van der Waals surface area contributed by atoms with E-state index in [9.17, 15) is 9.59 Å². The highest BCUT2D eigenvalue weighted by molar-refractivity contribution is 9.10. The van der Waals surface area contributed by atoms with E-state index in [0.717, 1.165) is 57.6 Å². The number of hydrogen-bond donors (Lipinski definition) is 1. The Kier molecular flexibility index (Phi) is 5.70. The van der Waals surface area contributed by atoms with Gasteiger partial charge in [0.25, 0.3) is 0 Å². The average Bonchev–Trinajstić information content (AvgIpc) is 2.63. The standard InChI is InChI=1S/C26H32BrNO3/c1-6-9-31-21-8-7-15(27)10-16(21)22-23-17(11-25(2,3)13-19(23)29)28-18-12-26(4,5)14-20(30)24(18)22/h7-8,10,22,28H,6,9,11-14H2,1-5H3. The van der Waals surface area contributed by atoms with Gasteiger partial charge in [-0.15, -0.1) is 0 Å². The summed E-state index contributed by atoms with van der Waals surface area (Å²) in [6.07, 6.45) is 3.48. The minimum Gasteiger partial charge on any atom is -0.493 e. The number of allylic oxidation sites excluding steroid dienone is 4. The van der Waals surface area contributed by atoms with Gasteiger partial charge in [-0.25, -0.2) is 0 Å². The van der Waals surface area contributed by atoms with E-state index in [1.165, 1.54) is 0 Å². The minimum atomic E-state index is -0.372. The lowest BCUT2D eigenvalue weighted by molar-refractivity contribution is -0.119. The molecule has 0 atom stereocenters. The van der Waals surface area contributed by atoms with Crippen molar-refractivity contribution in [3.05, 3.63) is 50.8 Å². The molecular formula is C26H32BrNO3. The van der Waals surface area contributed by atoms with Gasteiger partial charge in [0.15, 0.2) is 11.6 Å². The summed E-state index contributed by atoms with van der Waals surface area (Å²) in [6.45, 7) is 11.2. The third kappa shape index (κ3) is 4.26. The van der Waals surface area contributed by atoms with Gasteiger partial charge in [0.1, 0.15) is 5.75 Å². The molecule has 1 aromatic rings. The molecule has 1 aliphatic heterocycles. The Morgan fingerprint density at radius 3 is 2.03 bits per heavy atom. The van der Waals surface area contributed by atoms with Crippen LogP contribution >= 0.6 is 15.9 Å². The summed E-state index contributed by atoms with van der Waals surface area (Å²) >= 11 is 3.60. The van der Waals surface area contributed by atoms with E-state index in [1.807, 2.05) is 18.2 Å². The first kappa shape index (κ1) is 22.3. The molecule has 0 amide bonds. The van der Waals surface area contributed by atoms with Crippen molar-refractivity contribution in [2.45, 2.75) is 72.6 Å². The predicted molar refractivity (Wildman–Crippen MR) is 126 cm³/mol. The van der Waals surface area contributed by atoms with Crippen molar-refractivity contribution in [3.8, 4) is 5.75 Å². The van der Waals surface area contributed by atoms with Crippen LogP contribution in [0.1, 0.15) is 78.2 Å². The van der Waals surface area contributed by atoms with Crippen LogP contribution in [0.15, 0.2) is 45.2 Å². The maximum atomic E-state index is 13.5. The summed E-state index contributed by atoms with van der Waals surface area (Å²) in [5.41, 5.74) is 4.19. The second kappa shape index (κ2) is 7.91. The van der Waals surface area contributed by atoms with Crippen molar-refractivity contribution in [2.75, 3.05) is 6.61 Å². The van der Waals surface area contributed by atoms with E-state index in [2.05, 4.69) is 55.9 Å². The van der Waals surface area contributed by atoms with Crippen molar-refractivity contribution in [1.82, 2.24) is 5.32 Å². The fraction of sp³-hybridized carbons (Fsp3) is 0.538. The van der Waals surface area contributed by atoms with Crippen molar-refractivity contribution in [2.24, 2.45) is 10.8 Å². The zero-order chi connectivity index (χ0) is 22.6. The van der Waals surface area contributed by atoms with Gasteiger partial charge in [-0.1, -0.05) is 50.5 Å². The van der Waals surface area contributed by atoms with Gasteiger partial charge in [0, 0.05) is 51.3 Å². The lowest BCUT2D eigenvalue weighted by atomic mass is 9.64. The molecule has 4 nitrogen and oxygen atoms in total. The molecule has 166 valence electrons. The highest BCUT2D eigenvalue weighted by Crippen LogP contribution is 2.52. The third-order valence-electron chi connectivity index (χ3n) is 6.46. The molecule has 3 aliphatic rings. The second-order valence-corrected chi connectivity index (χ2v) is 11.7. The van der Waals surface area contributed by atoms with Crippen molar-refractivity contribution in [3.63, 3.8) is 0 Å². The zero-order valence-electron chi connectivity index (χ0n) is 19.2. The van der Waals surface area contributed by atoms with Crippen LogP contribution in [0.2, 0.25) is 0 Å². The third-order valence-corrected chi connectivity index (χ3v) is 6.96. The molecule has 2 aliphatic carbocycles. The molecule has 5 heteroatoms. The van der Waals surface area contributed by atoms with Gasteiger partial charge >= 0.3 is 0 Å². The summed E-state index contributed by atoms with van der Waals surface area (Å²) in [5.74, 6) is 0.650. The van der Waals surface area contributed by atoms with Gasteiger partial charge in [-0.05, 0) is 48.3 Å². The van der Waals surface area contributed by atoms with Crippen LogP contribution in [0.3, 0.4) is 0 Å². The number of Topliss-reactive ketones (excluding diaryl/α,β-unsaturated/α-hetero) is 2. The number of carbonyl (C=O) groups is 2. The van der Waals surface area contributed by atoms with Crippen molar-refractivity contribution < 1.29 is 14.3 Å². The van der Waals surface area contributed by atoms with Gasteiger partial charge in [-0.3, -0.25) is 9.59 Å². The monoisotopic (exact) mass is 485 g/mol. The maximum absolute atomic E-state index is 13.5. The van der Waals surface area contributed by atoms with Crippen LogP contribution in [0, 0.1) is 10.8 Å². The molecule has 0 saturated carbocycles. The molecule has 1 aromatic carbocycles. The topological polar surface area (TPSA) is 55.4 Å². The number of carbonyl (C=O) groups excluding carboxylic acids is 2. The second-order valence-electron chi connectivity index (χ2n) is 10.8. The number of dihydropyridines is 1. The molecule has 1 heterocycles. The molecule has 0 spiro atoms. The molecule has 0 radical (unpaired) electrons. The van der Waals surface area contributed by atoms with E-state index >= 15 is 0 Å². The zero-order valence-corrected chi connectivity index (χ0v) is 20.7. The first-order valence-corrected chi connectivity index (χ1v) is 12.0. The fourth-order valence-corrected chi connectivity index (χ4v) is 5.67. The fourth-order valence-electron chi connectivity index (χ4n) is 5.29. The normalized spacial score (nSPS) is 22.8. The molecule has 0 fully saturated rings. The predicted octanol–water partition coefficient (Wildman–Crippen LogP) is 6.21. The Morgan fingerprint density at radius 2 is 1.52 bits per heavy atom. The van der Waals surface area contributed by atoms with Crippen LogP contribution in [-0.4, -0.2) is 18.2 Å². The number of benzene rings is 1. The molecule has 0 saturated heterocycles. The molecule has 0 unspecified atom stereocenters. The Labute approximate surface area is 193 Å². The van der Waals surface area contributed by atoms with Crippen LogP contribution in [0.4, 0.5) is 0 Å². The molecule has 4 rings (SSSR count). The number of nitrogens with one attached hydrogen (secondary N) is 1. The summed E-state index contributed by atoms with van der Waals surface area (Å²) in [7, 11) is 0. The van der Waals surface area contributed by atoms with E-state index in [4.69, 9.17) is 4.74 Å². The van der Waals surface area contributed by atoms with Gasteiger partial charge in [-0.2, -0.15) is 0 Å². The Balaban J connectivity index is 1.94. The lowest BCUT2D eigenvalue weighted by Gasteiger charge is -2.44. The van der Waals surface area contributed by atoms with Gasteiger partial charge < -0.3 is 10.1 Å². The number of ether oxygens (including phenoxy) is 1. The quantitative estimate of drug-likeness (QED) is 0.550. The summed E-state index contributed by atoms with van der Waals surface area (Å²) in [6, 6.07) is 5.93. The van der Waals surface area contributed by atoms with Crippen molar-refractivity contribution >= 4 is 27.5 Å². The van der Waals surface area contributed by atoms with E-state index in [-0.39, 0.29) is 28.3 Å². The van der Waals surface area contributed by atoms with E-state index < -0.39 is 0 Å². The Hall–Kier alpha value is -1.88. The SMILES string of the molecule is CCCOc1ccc(Br)cc1C1C2=C(CC(C)(C)CC2=O)NC2=C1C(=O)CC(C)(C)C2. The van der Waals surface area contributed by atoms with Crippen LogP contribution < -0.4 is 10.1 Å². The largest absolute Gasteiger partial charge is 0.493 e.